The number of benzene rings is 2. The molecule has 1 saturated heterocycles. The number of sulfone groups is 1. The first-order chi connectivity index (χ1) is 16.9. The van der Waals surface area contributed by atoms with Crippen LogP contribution in [-0.4, -0.2) is 52.6 Å². The van der Waals surface area contributed by atoms with E-state index >= 15 is 0 Å². The Balaban J connectivity index is 1.88. The van der Waals surface area contributed by atoms with Gasteiger partial charge in [-0.05, 0) is 76.1 Å². The molecular weight excluding hydrogens is 540 g/mol. The molecule has 0 atom stereocenters. The van der Waals surface area contributed by atoms with E-state index in [4.69, 9.17) is 4.74 Å². The fourth-order valence-electron chi connectivity index (χ4n) is 3.67. The van der Waals surface area contributed by atoms with E-state index in [0.29, 0.717) is 18.2 Å². The van der Waals surface area contributed by atoms with Crippen molar-refractivity contribution in [2.75, 3.05) is 13.1 Å². The number of hydrogen-bond donors (Lipinski definition) is 1. The van der Waals surface area contributed by atoms with Gasteiger partial charge in [0, 0.05) is 19.1 Å². The van der Waals surface area contributed by atoms with Crippen molar-refractivity contribution in [3.05, 3.63) is 53.8 Å². The van der Waals surface area contributed by atoms with Crippen LogP contribution in [0.3, 0.4) is 0 Å². The summed E-state index contributed by atoms with van der Waals surface area (Å²) in [6, 6.07) is 4.25. The van der Waals surface area contributed by atoms with Gasteiger partial charge < -0.3 is 9.64 Å². The number of piperidine rings is 1. The van der Waals surface area contributed by atoms with Crippen LogP contribution < -0.4 is 4.72 Å². The number of nitrogens with one attached hydrogen (secondary N) is 1. The second kappa shape index (κ2) is 10.2. The van der Waals surface area contributed by atoms with Gasteiger partial charge in [-0.1, -0.05) is 0 Å². The van der Waals surface area contributed by atoms with Gasteiger partial charge >= 0.3 is 12.3 Å². The zero-order valence-electron chi connectivity index (χ0n) is 20.2. The Kier molecular flexibility index (Phi) is 7.97. The molecule has 2 aromatic carbocycles. The number of alkyl halides is 3. The summed E-state index contributed by atoms with van der Waals surface area (Å²) in [6.45, 7) is 5.28. The van der Waals surface area contributed by atoms with Crippen LogP contribution in [-0.2, 0) is 30.8 Å². The van der Waals surface area contributed by atoms with Crippen LogP contribution in [0.4, 0.5) is 22.4 Å². The Morgan fingerprint density at radius 2 is 1.49 bits per heavy atom. The molecule has 0 saturated carbocycles. The SMILES string of the molecule is CC(C)(C)OC(=O)N1CCC(NS(=O)(=O)c2cc(S(=O)(=O)c3ccc(F)cc3)ccc2C(F)(F)F)CC1. The molecule has 0 unspecified atom stereocenters. The summed E-state index contributed by atoms with van der Waals surface area (Å²) in [5.74, 6) is -0.725. The van der Waals surface area contributed by atoms with Gasteiger partial charge in [0.1, 0.15) is 11.4 Å². The second-order valence-electron chi connectivity index (χ2n) is 9.48. The quantitative estimate of drug-likeness (QED) is 0.426. The third kappa shape index (κ3) is 6.99. The van der Waals surface area contributed by atoms with Gasteiger partial charge in [0.15, 0.2) is 0 Å². The molecule has 204 valence electrons. The Labute approximate surface area is 212 Å². The van der Waals surface area contributed by atoms with Crippen molar-refractivity contribution >= 4 is 26.0 Å². The molecule has 1 amide bonds. The van der Waals surface area contributed by atoms with Crippen LogP contribution in [0.25, 0.3) is 0 Å². The summed E-state index contributed by atoms with van der Waals surface area (Å²) in [6.07, 6.45) is -5.48. The maximum absolute atomic E-state index is 13.7. The maximum Gasteiger partial charge on any atom is 0.417 e. The van der Waals surface area contributed by atoms with Crippen molar-refractivity contribution in [1.82, 2.24) is 9.62 Å². The van der Waals surface area contributed by atoms with Crippen molar-refractivity contribution in [2.24, 2.45) is 0 Å². The molecule has 14 heteroatoms. The third-order valence-electron chi connectivity index (χ3n) is 5.45. The number of nitrogens with zero attached hydrogens (tertiary/aromatic N) is 1. The summed E-state index contributed by atoms with van der Waals surface area (Å²) < 4.78 is 114. The van der Waals surface area contributed by atoms with Crippen LogP contribution >= 0.6 is 0 Å². The lowest BCUT2D eigenvalue weighted by atomic mass is 10.1. The van der Waals surface area contributed by atoms with Crippen LogP contribution in [0.2, 0.25) is 0 Å². The summed E-state index contributed by atoms with van der Waals surface area (Å²) in [5.41, 5.74) is -2.27. The largest absolute Gasteiger partial charge is 0.444 e. The van der Waals surface area contributed by atoms with Gasteiger partial charge in [0.05, 0.1) is 20.2 Å². The van der Waals surface area contributed by atoms with Crippen LogP contribution in [0.15, 0.2) is 57.2 Å². The number of sulfonamides is 1. The van der Waals surface area contributed by atoms with Crippen LogP contribution in [0, 0.1) is 5.82 Å². The first kappa shape index (κ1) is 28.9. The number of likely N-dealkylation sites (tertiary alicyclic amines) is 1. The Morgan fingerprint density at radius 1 is 0.946 bits per heavy atom. The number of rotatable bonds is 5. The van der Waals surface area contributed by atoms with Crippen LogP contribution in [0.5, 0.6) is 0 Å². The van der Waals surface area contributed by atoms with E-state index in [-0.39, 0.29) is 25.9 Å². The monoisotopic (exact) mass is 566 g/mol. The van der Waals surface area contributed by atoms with E-state index in [2.05, 4.69) is 4.72 Å². The summed E-state index contributed by atoms with van der Waals surface area (Å²) in [4.78, 5) is 11.2. The average molecular weight is 567 g/mol. The fourth-order valence-corrected chi connectivity index (χ4v) is 6.58. The number of ether oxygens (including phenoxy) is 1. The van der Waals surface area contributed by atoms with Crippen molar-refractivity contribution in [1.29, 1.82) is 0 Å². The van der Waals surface area contributed by atoms with Crippen molar-refractivity contribution in [3.8, 4) is 0 Å². The molecule has 1 aliphatic rings. The Morgan fingerprint density at radius 3 is 2.00 bits per heavy atom. The van der Waals surface area contributed by atoms with E-state index in [1.165, 1.54) is 4.90 Å². The second-order valence-corrected chi connectivity index (χ2v) is 13.1. The van der Waals surface area contributed by atoms with E-state index in [1.54, 1.807) is 20.8 Å². The first-order valence-corrected chi connectivity index (χ1v) is 14.1. The van der Waals surface area contributed by atoms with Gasteiger partial charge in [0.25, 0.3) is 0 Å². The molecule has 37 heavy (non-hydrogen) atoms. The highest BCUT2D eigenvalue weighted by Crippen LogP contribution is 2.36. The average Bonchev–Trinajstić information content (AvgIpc) is 2.77. The highest BCUT2D eigenvalue weighted by atomic mass is 32.2. The molecule has 3 rings (SSSR count). The molecule has 0 radical (unpaired) electrons. The van der Waals surface area contributed by atoms with E-state index < -0.39 is 69.8 Å². The van der Waals surface area contributed by atoms with Gasteiger partial charge in [0.2, 0.25) is 19.9 Å². The van der Waals surface area contributed by atoms with Crippen molar-refractivity contribution < 1.29 is 43.9 Å². The highest BCUT2D eigenvalue weighted by Gasteiger charge is 2.39. The summed E-state index contributed by atoms with van der Waals surface area (Å²) >= 11 is 0. The predicted octanol–water partition coefficient (Wildman–Crippen LogP) is 4.36. The van der Waals surface area contributed by atoms with Crippen molar-refractivity contribution in [3.63, 3.8) is 0 Å². The minimum Gasteiger partial charge on any atom is -0.444 e. The lowest BCUT2D eigenvalue weighted by molar-refractivity contribution is -0.140. The molecule has 2 aromatic rings. The highest BCUT2D eigenvalue weighted by molar-refractivity contribution is 7.91. The number of halogens is 4. The summed E-state index contributed by atoms with van der Waals surface area (Å²) in [7, 11) is -9.29. The van der Waals surface area contributed by atoms with E-state index in [9.17, 15) is 39.2 Å². The molecular formula is C23H26F4N2O6S2. The fraction of sp³-hybridized carbons (Fsp3) is 0.435. The minimum atomic E-state index is -5.09. The molecule has 0 aromatic heterocycles. The topological polar surface area (TPSA) is 110 Å². The number of amides is 1. The van der Waals surface area contributed by atoms with E-state index in [0.717, 1.165) is 24.3 Å². The lowest BCUT2D eigenvalue weighted by Gasteiger charge is -2.33. The molecule has 0 aliphatic carbocycles. The third-order valence-corrected chi connectivity index (χ3v) is 8.78. The minimum absolute atomic E-state index is 0.104. The van der Waals surface area contributed by atoms with Gasteiger partial charge in [-0.15, -0.1) is 0 Å². The number of carbonyl (C=O) groups excluding carboxylic acids is 1. The zero-order valence-corrected chi connectivity index (χ0v) is 21.8. The molecule has 0 spiro atoms. The van der Waals surface area contributed by atoms with Gasteiger partial charge in [-0.2, -0.15) is 13.2 Å². The zero-order chi connectivity index (χ0) is 27.8. The number of hydrogen-bond acceptors (Lipinski definition) is 6. The van der Waals surface area contributed by atoms with E-state index in [1.807, 2.05) is 0 Å². The molecule has 1 heterocycles. The molecule has 0 bridgehead atoms. The predicted molar refractivity (Wildman–Crippen MR) is 124 cm³/mol. The standard InChI is InChI=1S/C23H26F4N2O6S2/c1-22(2,3)35-21(30)29-12-10-16(11-13-29)28-37(33,34)20-14-18(8-9-19(20)23(25,26)27)36(31,32)17-6-4-15(24)5-7-17/h4-9,14,16,28H,10-13H2,1-3H3. The van der Waals surface area contributed by atoms with Gasteiger partial charge in [-0.25, -0.2) is 30.7 Å². The normalized spacial score (nSPS) is 16.0. The molecule has 1 N–H and O–H groups in total. The molecule has 1 aliphatic heterocycles. The Hall–Kier alpha value is -2.71. The lowest BCUT2D eigenvalue weighted by Crippen LogP contribution is -2.47. The van der Waals surface area contributed by atoms with Crippen molar-refractivity contribution in [2.45, 2.75) is 66.1 Å². The van der Waals surface area contributed by atoms with Crippen LogP contribution in [0.1, 0.15) is 39.2 Å². The maximum atomic E-state index is 13.7. The first-order valence-electron chi connectivity index (χ1n) is 11.1. The Bertz CT molecular complexity index is 1360. The molecule has 8 nitrogen and oxygen atoms in total. The summed E-state index contributed by atoms with van der Waals surface area (Å²) in [5, 5.41) is 0. The molecule has 1 fully saturated rings. The number of carbonyl (C=O) groups is 1. The van der Waals surface area contributed by atoms with Gasteiger partial charge in [-0.3, -0.25) is 0 Å². The smallest absolute Gasteiger partial charge is 0.417 e.